The average molecular weight is 339 g/mol. The highest BCUT2D eigenvalue weighted by molar-refractivity contribution is 5.82. The molecule has 0 aromatic carbocycles. The van der Waals surface area contributed by atoms with Crippen molar-refractivity contribution < 1.29 is 9.53 Å². The second kappa shape index (κ2) is 8.05. The number of carbonyl (C=O) groups excluding carboxylic acids is 1. The summed E-state index contributed by atoms with van der Waals surface area (Å²) >= 11 is 0. The lowest BCUT2D eigenvalue weighted by Crippen LogP contribution is -2.57. The molecular formula is C17H33N5O2. The fourth-order valence-electron chi connectivity index (χ4n) is 3.09. The van der Waals surface area contributed by atoms with Crippen LogP contribution in [0.15, 0.2) is 4.99 Å². The second-order valence-corrected chi connectivity index (χ2v) is 7.39. The molecule has 24 heavy (non-hydrogen) atoms. The van der Waals surface area contributed by atoms with Crippen LogP contribution in [0.25, 0.3) is 0 Å². The zero-order valence-corrected chi connectivity index (χ0v) is 15.8. The minimum Gasteiger partial charge on any atom is -0.444 e. The van der Waals surface area contributed by atoms with E-state index in [0.29, 0.717) is 13.1 Å². The number of guanidine groups is 1. The van der Waals surface area contributed by atoms with E-state index in [-0.39, 0.29) is 12.1 Å². The largest absolute Gasteiger partial charge is 0.444 e. The van der Waals surface area contributed by atoms with E-state index in [2.05, 4.69) is 34.0 Å². The number of aliphatic imine (C=N–C) groups is 1. The van der Waals surface area contributed by atoms with Crippen LogP contribution < -0.4 is 5.32 Å². The van der Waals surface area contributed by atoms with E-state index >= 15 is 0 Å². The Morgan fingerprint density at radius 2 is 2.04 bits per heavy atom. The first-order chi connectivity index (χ1) is 11.3. The lowest BCUT2D eigenvalue weighted by Gasteiger charge is -2.39. The molecule has 1 saturated heterocycles. The van der Waals surface area contributed by atoms with Gasteiger partial charge in [0.05, 0.1) is 12.6 Å². The van der Waals surface area contributed by atoms with Gasteiger partial charge in [0.2, 0.25) is 0 Å². The molecule has 2 aliphatic rings. The fraction of sp³-hybridized carbons (Fsp3) is 0.882. The monoisotopic (exact) mass is 339 g/mol. The van der Waals surface area contributed by atoms with Gasteiger partial charge in [0.25, 0.3) is 0 Å². The molecule has 7 heteroatoms. The van der Waals surface area contributed by atoms with Crippen molar-refractivity contribution in [3.8, 4) is 0 Å². The number of hydrogen-bond acceptors (Lipinski definition) is 6. The molecule has 0 saturated carbocycles. The molecule has 1 fully saturated rings. The quantitative estimate of drug-likeness (QED) is 0.816. The Bertz CT molecular complexity index is 456. The first-order valence-electron chi connectivity index (χ1n) is 9.09. The van der Waals surface area contributed by atoms with Gasteiger partial charge >= 0.3 is 6.09 Å². The summed E-state index contributed by atoms with van der Waals surface area (Å²) in [5.74, 6) is 0.982. The molecule has 0 aromatic rings. The molecule has 0 radical (unpaired) electrons. The van der Waals surface area contributed by atoms with Crippen molar-refractivity contribution in [2.24, 2.45) is 4.99 Å². The molecule has 2 heterocycles. The van der Waals surface area contributed by atoms with Crippen LogP contribution >= 0.6 is 0 Å². The highest BCUT2D eigenvalue weighted by Crippen LogP contribution is 2.18. The van der Waals surface area contributed by atoms with E-state index < -0.39 is 5.60 Å². The highest BCUT2D eigenvalue weighted by Gasteiger charge is 2.36. The molecule has 0 aromatic heterocycles. The number of hydrogen-bond donors (Lipinski definition) is 1. The Labute approximate surface area is 146 Å². The number of nitrogens with zero attached hydrogens (tertiary/aromatic N) is 4. The van der Waals surface area contributed by atoms with Crippen LogP contribution in [-0.2, 0) is 4.74 Å². The SMILES string of the molecule is CCN(CC)CCNC1=NCC2CN(C(=O)OC(C)(C)C)CCN12. The van der Waals surface area contributed by atoms with Crippen LogP contribution in [0, 0.1) is 0 Å². The third kappa shape index (κ3) is 5.00. The molecule has 1 N–H and O–H groups in total. The fourth-order valence-corrected chi connectivity index (χ4v) is 3.09. The Hall–Kier alpha value is -1.50. The van der Waals surface area contributed by atoms with Gasteiger partial charge in [-0.3, -0.25) is 4.99 Å². The van der Waals surface area contributed by atoms with Crippen molar-refractivity contribution in [2.45, 2.75) is 46.3 Å². The normalized spacial score (nSPS) is 20.9. The molecule has 1 atom stereocenters. The molecule has 2 rings (SSSR count). The van der Waals surface area contributed by atoms with Crippen molar-refractivity contribution in [1.29, 1.82) is 0 Å². The highest BCUT2D eigenvalue weighted by atomic mass is 16.6. The van der Waals surface area contributed by atoms with Gasteiger partial charge < -0.3 is 24.8 Å². The topological polar surface area (TPSA) is 60.4 Å². The van der Waals surface area contributed by atoms with E-state index in [1.807, 2.05) is 20.8 Å². The number of fused-ring (bicyclic) bond motifs is 1. The number of likely N-dealkylation sites (N-methyl/N-ethyl adjacent to an activating group) is 1. The number of amides is 1. The summed E-state index contributed by atoms with van der Waals surface area (Å²) in [5.41, 5.74) is -0.447. The van der Waals surface area contributed by atoms with Crippen LogP contribution in [0.5, 0.6) is 0 Å². The predicted molar refractivity (Wildman–Crippen MR) is 96.4 cm³/mol. The molecular weight excluding hydrogens is 306 g/mol. The van der Waals surface area contributed by atoms with Gasteiger partial charge in [-0.25, -0.2) is 4.79 Å². The number of piperazine rings is 1. The third-order valence-corrected chi connectivity index (χ3v) is 4.46. The molecule has 7 nitrogen and oxygen atoms in total. The van der Waals surface area contributed by atoms with Gasteiger partial charge in [0, 0.05) is 32.7 Å². The van der Waals surface area contributed by atoms with Crippen molar-refractivity contribution >= 4 is 12.1 Å². The van der Waals surface area contributed by atoms with Gasteiger partial charge in [-0.05, 0) is 33.9 Å². The van der Waals surface area contributed by atoms with E-state index in [9.17, 15) is 4.79 Å². The van der Waals surface area contributed by atoms with Gasteiger partial charge in [-0.2, -0.15) is 0 Å². The third-order valence-electron chi connectivity index (χ3n) is 4.46. The van der Waals surface area contributed by atoms with Gasteiger partial charge in [0.15, 0.2) is 5.96 Å². The van der Waals surface area contributed by atoms with Crippen LogP contribution in [0.1, 0.15) is 34.6 Å². The standard InChI is InChI=1S/C17H33N5O2/c1-6-20(7-2)9-8-18-15-19-12-14-13-21(10-11-22(14)15)16(23)24-17(3,4)5/h14H,6-13H2,1-5H3,(H,18,19). The predicted octanol–water partition coefficient (Wildman–Crippen LogP) is 1.21. The maximum absolute atomic E-state index is 12.2. The van der Waals surface area contributed by atoms with Crippen LogP contribution in [-0.4, -0.2) is 90.8 Å². The van der Waals surface area contributed by atoms with E-state index in [1.165, 1.54) is 0 Å². The zero-order chi connectivity index (χ0) is 17.7. The average Bonchev–Trinajstić information content (AvgIpc) is 2.92. The van der Waals surface area contributed by atoms with Gasteiger partial charge in [-0.1, -0.05) is 13.8 Å². The first-order valence-corrected chi connectivity index (χ1v) is 9.09. The van der Waals surface area contributed by atoms with Gasteiger partial charge in [0.1, 0.15) is 5.60 Å². The summed E-state index contributed by atoms with van der Waals surface area (Å²) in [7, 11) is 0. The maximum Gasteiger partial charge on any atom is 0.410 e. The Morgan fingerprint density at radius 3 is 2.67 bits per heavy atom. The summed E-state index contributed by atoms with van der Waals surface area (Å²) in [6.07, 6.45) is -0.218. The minimum atomic E-state index is -0.447. The van der Waals surface area contributed by atoms with E-state index in [0.717, 1.165) is 45.2 Å². The van der Waals surface area contributed by atoms with Crippen LogP contribution in [0.4, 0.5) is 4.79 Å². The summed E-state index contributed by atoms with van der Waals surface area (Å²) in [6, 6.07) is 0.266. The molecule has 1 unspecified atom stereocenters. The lowest BCUT2D eigenvalue weighted by molar-refractivity contribution is 0.0137. The minimum absolute atomic E-state index is 0.218. The number of ether oxygens (including phenoxy) is 1. The van der Waals surface area contributed by atoms with Gasteiger partial charge in [-0.15, -0.1) is 0 Å². The number of rotatable bonds is 5. The molecule has 0 bridgehead atoms. The Morgan fingerprint density at radius 1 is 1.33 bits per heavy atom. The van der Waals surface area contributed by atoms with Crippen molar-refractivity contribution in [3.63, 3.8) is 0 Å². The molecule has 0 spiro atoms. The molecule has 0 aliphatic carbocycles. The Kier molecular flexibility index (Phi) is 6.32. The molecule has 138 valence electrons. The van der Waals surface area contributed by atoms with Crippen LogP contribution in [0.3, 0.4) is 0 Å². The second-order valence-electron chi connectivity index (χ2n) is 7.39. The van der Waals surface area contributed by atoms with Crippen molar-refractivity contribution in [3.05, 3.63) is 0 Å². The maximum atomic E-state index is 12.2. The first kappa shape index (κ1) is 18.8. The van der Waals surface area contributed by atoms with Crippen LogP contribution in [0.2, 0.25) is 0 Å². The lowest BCUT2D eigenvalue weighted by atomic mass is 10.2. The Balaban J connectivity index is 1.78. The van der Waals surface area contributed by atoms with Crippen molar-refractivity contribution in [2.75, 3.05) is 52.4 Å². The number of carbonyl (C=O) groups is 1. The number of nitrogens with one attached hydrogen (secondary N) is 1. The summed E-state index contributed by atoms with van der Waals surface area (Å²) < 4.78 is 5.48. The smallest absolute Gasteiger partial charge is 0.410 e. The van der Waals surface area contributed by atoms with E-state index in [1.54, 1.807) is 4.90 Å². The summed E-state index contributed by atoms with van der Waals surface area (Å²) in [6.45, 7) is 17.0. The molecule has 2 aliphatic heterocycles. The van der Waals surface area contributed by atoms with E-state index in [4.69, 9.17) is 4.74 Å². The molecule has 1 amide bonds. The zero-order valence-electron chi connectivity index (χ0n) is 15.8. The summed E-state index contributed by atoms with van der Waals surface area (Å²) in [5, 5.41) is 3.46. The summed E-state index contributed by atoms with van der Waals surface area (Å²) in [4.78, 5) is 23.3. The van der Waals surface area contributed by atoms with Crippen molar-refractivity contribution in [1.82, 2.24) is 20.0 Å².